The molecule has 9 nitrogen and oxygen atoms in total. The molecule has 3 heterocycles. The highest BCUT2D eigenvalue weighted by atomic mass is 32.2. The molecule has 1 aliphatic rings. The summed E-state index contributed by atoms with van der Waals surface area (Å²) in [5.41, 5.74) is 4.53. The minimum atomic E-state index is -0.297. The van der Waals surface area contributed by atoms with Gasteiger partial charge in [0.15, 0.2) is 5.75 Å². The highest BCUT2D eigenvalue weighted by Crippen LogP contribution is 2.32. The topological polar surface area (TPSA) is 102 Å². The van der Waals surface area contributed by atoms with Gasteiger partial charge in [-0.1, -0.05) is 52.0 Å². The van der Waals surface area contributed by atoms with Crippen molar-refractivity contribution >= 4 is 23.8 Å². The van der Waals surface area contributed by atoms with Crippen molar-refractivity contribution in [3.8, 4) is 22.9 Å². The smallest absolute Gasteiger partial charge is 0.254 e. The lowest BCUT2D eigenvalue weighted by molar-refractivity contribution is 0.0505. The molecule has 0 saturated heterocycles. The second kappa shape index (κ2) is 13.6. The van der Waals surface area contributed by atoms with E-state index in [1.54, 1.807) is 12.4 Å². The van der Waals surface area contributed by atoms with E-state index in [-0.39, 0.29) is 30.5 Å². The van der Waals surface area contributed by atoms with Gasteiger partial charge in [-0.15, -0.1) is 0 Å². The first-order valence-electron chi connectivity index (χ1n) is 15.0. The number of benzene rings is 2. The van der Waals surface area contributed by atoms with Gasteiger partial charge in [-0.3, -0.25) is 9.52 Å². The number of ether oxygens (including phenoxy) is 2. The van der Waals surface area contributed by atoms with Gasteiger partial charge < -0.3 is 14.4 Å². The van der Waals surface area contributed by atoms with E-state index in [1.165, 1.54) is 11.9 Å². The molecule has 4 aromatic rings. The van der Waals surface area contributed by atoms with E-state index in [4.69, 9.17) is 19.4 Å². The number of nitrogens with zero attached hydrogens (tertiary/aromatic N) is 5. The molecule has 1 N–H and O–H groups in total. The van der Waals surface area contributed by atoms with Crippen LogP contribution in [0.15, 0.2) is 65.8 Å². The van der Waals surface area contributed by atoms with Gasteiger partial charge in [0.2, 0.25) is 11.8 Å². The standard InChI is InChI=1S/C34H40N6O3S/c1-7-14-42-26-18-35-29(36-19-26)20-40-25(17-34(4,5)6)21-43-30-16-28(31-22(2)10-8-11-23(31)3)37-33(38-30)39-44-27-13-9-12-24(15-27)32(40)41/h8-13,15-16,18-19,25H,7,14,17,20-21H2,1-6H3,(H,37,38,39)/t25-/m1/s1. The molecule has 1 atom stereocenters. The lowest BCUT2D eigenvalue weighted by Gasteiger charge is -2.35. The van der Waals surface area contributed by atoms with E-state index in [0.29, 0.717) is 42.0 Å². The molecule has 1 aliphatic heterocycles. The first kappa shape index (κ1) is 31.3. The molecule has 5 rings (SSSR count). The fourth-order valence-corrected chi connectivity index (χ4v) is 5.87. The van der Waals surface area contributed by atoms with Crippen LogP contribution in [0, 0.1) is 19.3 Å². The molecule has 0 fully saturated rings. The number of aromatic nitrogens is 4. The molecule has 230 valence electrons. The Morgan fingerprint density at radius 2 is 1.77 bits per heavy atom. The minimum Gasteiger partial charge on any atom is -0.490 e. The molecule has 0 unspecified atom stereocenters. The molecule has 0 spiro atoms. The summed E-state index contributed by atoms with van der Waals surface area (Å²) in [7, 11) is 0. The summed E-state index contributed by atoms with van der Waals surface area (Å²) in [6.45, 7) is 13.7. The summed E-state index contributed by atoms with van der Waals surface area (Å²) in [5, 5.41) is 0. The Kier molecular flexibility index (Phi) is 9.68. The molecular weight excluding hydrogens is 572 g/mol. The monoisotopic (exact) mass is 612 g/mol. The van der Waals surface area contributed by atoms with Crippen molar-refractivity contribution in [1.82, 2.24) is 24.8 Å². The van der Waals surface area contributed by atoms with Crippen molar-refractivity contribution in [3.63, 3.8) is 0 Å². The van der Waals surface area contributed by atoms with Crippen LogP contribution in [0.4, 0.5) is 5.95 Å². The number of fused-ring (bicyclic) bond motifs is 4. The van der Waals surface area contributed by atoms with Crippen molar-refractivity contribution in [2.24, 2.45) is 5.41 Å². The predicted molar refractivity (Wildman–Crippen MR) is 174 cm³/mol. The molecule has 4 bridgehead atoms. The molecule has 44 heavy (non-hydrogen) atoms. The van der Waals surface area contributed by atoms with Crippen molar-refractivity contribution in [2.45, 2.75) is 71.9 Å². The zero-order valence-corrected chi connectivity index (χ0v) is 27.1. The van der Waals surface area contributed by atoms with Crippen LogP contribution in [0.5, 0.6) is 11.6 Å². The number of aryl methyl sites for hydroxylation is 2. The van der Waals surface area contributed by atoms with Gasteiger partial charge in [0.1, 0.15) is 12.4 Å². The van der Waals surface area contributed by atoms with Crippen molar-refractivity contribution < 1.29 is 14.3 Å². The highest BCUT2D eigenvalue weighted by molar-refractivity contribution is 8.00. The second-order valence-corrected chi connectivity index (χ2v) is 13.1. The molecule has 1 amide bonds. The Bertz CT molecular complexity index is 1590. The first-order chi connectivity index (χ1) is 21.1. The molecular formula is C34H40N6O3S. The third-order valence-corrected chi connectivity index (χ3v) is 7.99. The predicted octanol–water partition coefficient (Wildman–Crippen LogP) is 7.30. The normalized spacial score (nSPS) is 15.4. The van der Waals surface area contributed by atoms with Crippen LogP contribution < -0.4 is 14.2 Å². The summed E-state index contributed by atoms with van der Waals surface area (Å²) < 4.78 is 15.4. The second-order valence-electron chi connectivity index (χ2n) is 12.3. The Hall–Kier alpha value is -4.18. The highest BCUT2D eigenvalue weighted by Gasteiger charge is 2.31. The number of carbonyl (C=O) groups excluding carboxylic acids is 1. The summed E-state index contributed by atoms with van der Waals surface area (Å²) in [6.07, 6.45) is 4.91. The fourth-order valence-electron chi connectivity index (χ4n) is 5.24. The summed E-state index contributed by atoms with van der Waals surface area (Å²) in [4.78, 5) is 35.6. The van der Waals surface area contributed by atoms with Crippen molar-refractivity contribution in [2.75, 3.05) is 17.9 Å². The van der Waals surface area contributed by atoms with Gasteiger partial charge in [0.05, 0.1) is 37.3 Å². The number of anilines is 1. The van der Waals surface area contributed by atoms with Gasteiger partial charge >= 0.3 is 0 Å². The van der Waals surface area contributed by atoms with Crippen LogP contribution in [0.25, 0.3) is 11.3 Å². The average molecular weight is 613 g/mol. The van der Waals surface area contributed by atoms with Gasteiger partial charge in [-0.2, -0.15) is 4.98 Å². The maximum Gasteiger partial charge on any atom is 0.254 e. The molecule has 0 aliphatic carbocycles. The largest absolute Gasteiger partial charge is 0.490 e. The Labute approximate surface area is 264 Å². The number of nitrogens with one attached hydrogen (secondary N) is 1. The van der Waals surface area contributed by atoms with E-state index in [9.17, 15) is 4.79 Å². The number of amides is 1. The number of rotatable bonds is 7. The van der Waals surface area contributed by atoms with E-state index in [0.717, 1.165) is 33.7 Å². The van der Waals surface area contributed by atoms with Gasteiger partial charge in [-0.25, -0.2) is 15.0 Å². The van der Waals surface area contributed by atoms with E-state index in [1.807, 2.05) is 48.2 Å². The Balaban J connectivity index is 1.56. The summed E-state index contributed by atoms with van der Waals surface area (Å²) >= 11 is 1.35. The van der Waals surface area contributed by atoms with E-state index >= 15 is 0 Å². The van der Waals surface area contributed by atoms with Gasteiger partial charge in [0, 0.05) is 22.1 Å². The van der Waals surface area contributed by atoms with Crippen LogP contribution in [-0.2, 0) is 6.54 Å². The van der Waals surface area contributed by atoms with Gasteiger partial charge in [-0.05, 0) is 73.4 Å². The fraction of sp³-hybridized carbons (Fsp3) is 0.382. The summed E-state index contributed by atoms with van der Waals surface area (Å²) in [6, 6.07) is 15.4. The SMILES string of the molecule is CCCOc1cnc(CN2C(=O)c3cccc(c3)SNc3nc(cc(-c4c(C)cccc4C)n3)OC[C@H]2CC(C)(C)C)nc1. The minimum absolute atomic E-state index is 0.0985. The van der Waals surface area contributed by atoms with Crippen LogP contribution in [-0.4, -0.2) is 50.0 Å². The third-order valence-electron chi connectivity index (χ3n) is 7.22. The van der Waals surface area contributed by atoms with Crippen molar-refractivity contribution in [3.05, 3.63) is 83.4 Å². The number of hydrogen-bond donors (Lipinski definition) is 1. The zero-order valence-electron chi connectivity index (χ0n) is 26.3. The molecule has 0 radical (unpaired) electrons. The Morgan fingerprint density at radius 3 is 2.48 bits per heavy atom. The van der Waals surface area contributed by atoms with Crippen LogP contribution in [0.2, 0.25) is 0 Å². The molecule has 2 aromatic heterocycles. The molecule has 10 heteroatoms. The van der Waals surface area contributed by atoms with Gasteiger partial charge in [0.25, 0.3) is 5.91 Å². The third kappa shape index (κ3) is 7.85. The van der Waals surface area contributed by atoms with E-state index < -0.39 is 0 Å². The molecule has 0 saturated carbocycles. The molecule has 2 aromatic carbocycles. The van der Waals surface area contributed by atoms with Crippen LogP contribution in [0.3, 0.4) is 0 Å². The summed E-state index contributed by atoms with van der Waals surface area (Å²) in [5.74, 6) is 1.89. The number of hydrogen-bond acceptors (Lipinski definition) is 9. The lowest BCUT2D eigenvalue weighted by atomic mass is 9.87. The maximum atomic E-state index is 14.3. The average Bonchev–Trinajstić information content (AvgIpc) is 2.99. The zero-order chi connectivity index (χ0) is 31.3. The Morgan fingerprint density at radius 1 is 1.05 bits per heavy atom. The van der Waals surface area contributed by atoms with E-state index in [2.05, 4.69) is 61.4 Å². The quantitative estimate of drug-likeness (QED) is 0.215. The van der Waals surface area contributed by atoms with Crippen LogP contribution >= 0.6 is 11.9 Å². The maximum absolute atomic E-state index is 14.3. The first-order valence-corrected chi connectivity index (χ1v) is 15.8. The lowest BCUT2D eigenvalue weighted by Crippen LogP contribution is -2.45. The van der Waals surface area contributed by atoms with Crippen molar-refractivity contribution in [1.29, 1.82) is 0 Å². The number of carbonyl (C=O) groups is 1. The van der Waals surface area contributed by atoms with Crippen LogP contribution in [0.1, 0.15) is 67.8 Å².